The Balaban J connectivity index is 1.92. The summed E-state index contributed by atoms with van der Waals surface area (Å²) in [6, 6.07) is 13.7. The summed E-state index contributed by atoms with van der Waals surface area (Å²) in [7, 11) is 0. The normalized spacial score (nSPS) is 17.0. The van der Waals surface area contributed by atoms with Crippen LogP contribution in [0.15, 0.2) is 46.9 Å². The van der Waals surface area contributed by atoms with Crippen LogP contribution in [0.1, 0.15) is 38.3 Å². The molecule has 0 saturated carbocycles. The third-order valence-corrected chi connectivity index (χ3v) is 5.98. The smallest absolute Gasteiger partial charge is 0.414 e. The summed E-state index contributed by atoms with van der Waals surface area (Å²) in [4.78, 5) is 14.9. The zero-order valence-electron chi connectivity index (χ0n) is 15.3. The van der Waals surface area contributed by atoms with Gasteiger partial charge in [0.1, 0.15) is 6.61 Å². The second-order valence-electron chi connectivity index (χ2n) is 7.73. The van der Waals surface area contributed by atoms with Crippen LogP contribution < -0.4 is 4.90 Å². The van der Waals surface area contributed by atoms with Gasteiger partial charge in [-0.25, -0.2) is 4.79 Å². The molecule has 1 aliphatic rings. The molecule has 3 rings (SSSR count). The Labute approximate surface area is 168 Å². The number of hydrogen-bond donors (Lipinski definition) is 0. The van der Waals surface area contributed by atoms with Crippen molar-refractivity contribution in [1.82, 2.24) is 0 Å². The van der Waals surface area contributed by atoms with Crippen molar-refractivity contribution in [3.05, 3.63) is 63.1 Å². The molecule has 2 aromatic rings. The second-order valence-corrected chi connectivity index (χ2v) is 8.99. The summed E-state index contributed by atoms with van der Waals surface area (Å²) in [6.07, 6.45) is 1.46. The molecule has 0 radical (unpaired) electrons. The number of carbonyl (C=O) groups excluding carboxylic acids is 1. The molecule has 0 bridgehead atoms. The molecule has 0 saturated heterocycles. The number of hydrogen-bond acceptors (Lipinski definition) is 2. The Morgan fingerprint density at radius 1 is 1.27 bits per heavy atom. The van der Waals surface area contributed by atoms with Gasteiger partial charge in [-0.15, -0.1) is 0 Å². The highest BCUT2D eigenvalue weighted by molar-refractivity contribution is 9.10. The van der Waals surface area contributed by atoms with Crippen molar-refractivity contribution in [2.75, 3.05) is 4.90 Å². The van der Waals surface area contributed by atoms with Crippen LogP contribution >= 0.6 is 27.5 Å². The van der Waals surface area contributed by atoms with Crippen LogP contribution in [-0.4, -0.2) is 12.1 Å². The molecule has 1 amide bonds. The van der Waals surface area contributed by atoms with E-state index >= 15 is 0 Å². The van der Waals surface area contributed by atoms with Crippen LogP contribution in [0, 0.1) is 5.41 Å². The van der Waals surface area contributed by atoms with E-state index in [1.807, 2.05) is 47.4 Å². The first-order chi connectivity index (χ1) is 12.3. The van der Waals surface area contributed by atoms with E-state index in [0.717, 1.165) is 34.1 Å². The Morgan fingerprint density at radius 2 is 1.96 bits per heavy atom. The van der Waals surface area contributed by atoms with E-state index in [9.17, 15) is 4.79 Å². The van der Waals surface area contributed by atoms with E-state index in [-0.39, 0.29) is 24.2 Å². The summed E-state index contributed by atoms with van der Waals surface area (Å²) in [5, 5.41) is 0.663. The highest BCUT2D eigenvalue weighted by Crippen LogP contribution is 2.41. The maximum Gasteiger partial charge on any atom is 0.414 e. The van der Waals surface area contributed by atoms with Gasteiger partial charge in [0.2, 0.25) is 0 Å². The quantitative estimate of drug-likeness (QED) is 0.530. The maximum atomic E-state index is 13.0. The minimum Gasteiger partial charge on any atom is -0.444 e. The lowest BCUT2D eigenvalue weighted by molar-refractivity contribution is 0.136. The fourth-order valence-corrected chi connectivity index (χ4v) is 3.94. The molecule has 0 spiro atoms. The maximum absolute atomic E-state index is 13.0. The lowest BCUT2D eigenvalue weighted by atomic mass is 9.79. The van der Waals surface area contributed by atoms with Gasteiger partial charge in [0.05, 0.1) is 10.7 Å². The molecule has 0 aromatic heterocycles. The first-order valence-electron chi connectivity index (χ1n) is 8.75. The van der Waals surface area contributed by atoms with Crippen LogP contribution in [0.25, 0.3) is 0 Å². The van der Waals surface area contributed by atoms with Gasteiger partial charge >= 0.3 is 6.09 Å². The highest BCUT2D eigenvalue weighted by Gasteiger charge is 2.39. The van der Waals surface area contributed by atoms with Crippen molar-refractivity contribution in [3.8, 4) is 0 Å². The third kappa shape index (κ3) is 4.07. The average Bonchev–Trinajstić information content (AvgIpc) is 2.60. The van der Waals surface area contributed by atoms with E-state index < -0.39 is 0 Å². The standard InChI is InChI=1S/C21H23BrClNO2/c1-21(2,3)19-10-9-15-11-17(23)16(22)12-18(15)24(19)20(25)26-13-14-7-5-4-6-8-14/h4-8,11-12,19H,9-10,13H2,1-3H3. The SMILES string of the molecule is CC(C)(C)C1CCc2cc(Cl)c(Br)cc2N1C(=O)OCc1ccccc1. The van der Waals surface area contributed by atoms with Crippen molar-refractivity contribution in [1.29, 1.82) is 0 Å². The van der Waals surface area contributed by atoms with Gasteiger partial charge in [-0.3, -0.25) is 4.90 Å². The molecule has 5 heteroatoms. The molecule has 3 nitrogen and oxygen atoms in total. The van der Waals surface area contributed by atoms with Crippen molar-refractivity contribution < 1.29 is 9.53 Å². The lowest BCUT2D eigenvalue weighted by Gasteiger charge is -2.43. The average molecular weight is 437 g/mol. The van der Waals surface area contributed by atoms with Gasteiger partial charge < -0.3 is 4.74 Å². The third-order valence-electron chi connectivity index (χ3n) is 4.78. The van der Waals surface area contributed by atoms with E-state index in [1.165, 1.54) is 0 Å². The number of fused-ring (bicyclic) bond motifs is 1. The summed E-state index contributed by atoms with van der Waals surface area (Å²) in [5.41, 5.74) is 2.87. The zero-order valence-corrected chi connectivity index (χ0v) is 17.6. The second kappa shape index (κ2) is 7.61. The predicted molar refractivity (Wildman–Crippen MR) is 110 cm³/mol. The molecule has 1 unspecified atom stereocenters. The van der Waals surface area contributed by atoms with Crippen molar-refractivity contribution in [3.63, 3.8) is 0 Å². The van der Waals surface area contributed by atoms with Gasteiger partial charge in [-0.2, -0.15) is 0 Å². The lowest BCUT2D eigenvalue weighted by Crippen LogP contribution is -2.50. The Morgan fingerprint density at radius 3 is 2.62 bits per heavy atom. The van der Waals surface area contributed by atoms with E-state index in [2.05, 4.69) is 36.7 Å². The van der Waals surface area contributed by atoms with Crippen molar-refractivity contribution in [2.24, 2.45) is 5.41 Å². The number of benzene rings is 2. The van der Waals surface area contributed by atoms with E-state index in [0.29, 0.717) is 5.02 Å². The molecule has 1 atom stereocenters. The van der Waals surface area contributed by atoms with Crippen LogP contribution in [0.2, 0.25) is 5.02 Å². The van der Waals surface area contributed by atoms with E-state index in [4.69, 9.17) is 16.3 Å². The summed E-state index contributed by atoms with van der Waals surface area (Å²) >= 11 is 9.75. The molecular formula is C21H23BrClNO2. The van der Waals surface area contributed by atoms with Crippen LogP contribution in [0.5, 0.6) is 0 Å². The molecule has 1 heterocycles. The first-order valence-corrected chi connectivity index (χ1v) is 9.92. The van der Waals surface area contributed by atoms with Gasteiger partial charge in [0, 0.05) is 10.5 Å². The van der Waals surface area contributed by atoms with Gasteiger partial charge in [-0.05, 0) is 57.4 Å². The predicted octanol–water partition coefficient (Wildman–Crippen LogP) is 6.61. The number of ether oxygens (including phenoxy) is 1. The number of halogens is 2. The molecular weight excluding hydrogens is 414 g/mol. The molecule has 0 aliphatic carbocycles. The molecule has 0 N–H and O–H groups in total. The molecule has 138 valence electrons. The van der Waals surface area contributed by atoms with Gasteiger partial charge in [-0.1, -0.05) is 62.7 Å². The van der Waals surface area contributed by atoms with E-state index in [1.54, 1.807) is 0 Å². The number of anilines is 1. The molecule has 1 aliphatic heterocycles. The number of rotatable bonds is 2. The monoisotopic (exact) mass is 435 g/mol. The Kier molecular flexibility index (Phi) is 5.64. The Hall–Kier alpha value is -1.52. The minimum atomic E-state index is -0.316. The summed E-state index contributed by atoms with van der Waals surface area (Å²) in [6.45, 7) is 6.73. The fraction of sp³-hybridized carbons (Fsp3) is 0.381. The molecule has 26 heavy (non-hydrogen) atoms. The van der Waals surface area contributed by atoms with Crippen LogP contribution in [0.4, 0.5) is 10.5 Å². The summed E-state index contributed by atoms with van der Waals surface area (Å²) < 4.78 is 6.44. The zero-order chi connectivity index (χ0) is 18.9. The number of carbonyl (C=O) groups is 1. The van der Waals surface area contributed by atoms with Gasteiger partial charge in [0.25, 0.3) is 0 Å². The number of nitrogens with zero attached hydrogens (tertiary/aromatic N) is 1. The minimum absolute atomic E-state index is 0.0600. The van der Waals surface area contributed by atoms with Crippen LogP contribution in [0.3, 0.4) is 0 Å². The Bertz CT molecular complexity index is 802. The van der Waals surface area contributed by atoms with Crippen LogP contribution in [-0.2, 0) is 17.8 Å². The number of amides is 1. The topological polar surface area (TPSA) is 29.5 Å². The largest absolute Gasteiger partial charge is 0.444 e. The van der Waals surface area contributed by atoms with Gasteiger partial charge in [0.15, 0.2) is 0 Å². The molecule has 0 fully saturated rings. The van der Waals surface area contributed by atoms with Crippen molar-refractivity contribution >= 4 is 39.3 Å². The fourth-order valence-electron chi connectivity index (χ4n) is 3.43. The van der Waals surface area contributed by atoms with Crippen molar-refractivity contribution in [2.45, 2.75) is 46.3 Å². The molecule has 2 aromatic carbocycles. The summed E-state index contributed by atoms with van der Waals surface area (Å²) in [5.74, 6) is 0. The highest BCUT2D eigenvalue weighted by atomic mass is 79.9. The first kappa shape index (κ1) is 19.2. The number of aryl methyl sites for hydroxylation is 1.